The zero-order valence-corrected chi connectivity index (χ0v) is 14.8. The number of aliphatic hydroxyl groups is 2. The van der Waals surface area contributed by atoms with Crippen LogP contribution in [0.4, 0.5) is 0 Å². The lowest BCUT2D eigenvalue weighted by Crippen LogP contribution is -2.31. The Morgan fingerprint density at radius 2 is 1.77 bits per heavy atom. The highest BCUT2D eigenvalue weighted by Crippen LogP contribution is 2.47. The van der Waals surface area contributed by atoms with Crippen molar-refractivity contribution in [2.24, 2.45) is 17.8 Å². The minimum Gasteiger partial charge on any atom is -0.478 e. The molecule has 5 atom stereocenters. The number of rotatable bonds is 5. The molecule has 0 amide bonds. The van der Waals surface area contributed by atoms with Crippen LogP contribution in [-0.4, -0.2) is 46.1 Å². The first-order chi connectivity index (χ1) is 12.1. The third kappa shape index (κ3) is 4.14. The lowest BCUT2D eigenvalue weighted by molar-refractivity contribution is -0.145. The molecule has 0 aromatic rings. The van der Waals surface area contributed by atoms with Crippen molar-refractivity contribution in [3.8, 4) is 0 Å². The van der Waals surface area contributed by atoms with E-state index in [4.69, 9.17) is 9.84 Å². The Hall–Kier alpha value is -2.18. The van der Waals surface area contributed by atoms with Crippen LogP contribution in [0.15, 0.2) is 48.6 Å². The second-order valence-electron chi connectivity index (χ2n) is 7.19. The van der Waals surface area contributed by atoms with Crippen LogP contribution in [0.2, 0.25) is 0 Å². The number of hydrogen-bond acceptors (Lipinski definition) is 5. The van der Waals surface area contributed by atoms with Gasteiger partial charge in [-0.3, -0.25) is 0 Å². The fourth-order valence-corrected chi connectivity index (χ4v) is 3.92. The van der Waals surface area contributed by atoms with Gasteiger partial charge in [0, 0.05) is 12.0 Å². The summed E-state index contributed by atoms with van der Waals surface area (Å²) in [5.74, 6) is -2.33. The Morgan fingerprint density at radius 1 is 1.12 bits per heavy atom. The number of aliphatic hydroxyl groups excluding tert-OH is 2. The molecular weight excluding hydrogens is 336 g/mol. The molecule has 3 unspecified atom stereocenters. The van der Waals surface area contributed by atoms with Crippen molar-refractivity contribution in [2.75, 3.05) is 6.61 Å². The van der Waals surface area contributed by atoms with Gasteiger partial charge in [0.05, 0.1) is 18.3 Å². The largest absolute Gasteiger partial charge is 0.478 e. The molecule has 0 bridgehead atoms. The van der Waals surface area contributed by atoms with Crippen LogP contribution in [0, 0.1) is 17.8 Å². The summed E-state index contributed by atoms with van der Waals surface area (Å²) in [4.78, 5) is 23.4. The third-order valence-corrected chi connectivity index (χ3v) is 5.49. The predicted octanol–water partition coefficient (Wildman–Crippen LogP) is 2.00. The Balaban J connectivity index is 2.27. The molecule has 0 heterocycles. The maximum Gasteiger partial charge on any atom is 0.336 e. The molecule has 6 heteroatoms. The number of carboxylic acid groups (broad SMARTS) is 1. The summed E-state index contributed by atoms with van der Waals surface area (Å²) in [6.07, 6.45) is 0.342. The van der Waals surface area contributed by atoms with Crippen molar-refractivity contribution >= 4 is 11.9 Å². The normalized spacial score (nSPS) is 31.5. The van der Waals surface area contributed by atoms with E-state index in [2.05, 4.69) is 26.3 Å². The molecule has 26 heavy (non-hydrogen) atoms. The Labute approximate surface area is 153 Å². The molecule has 0 aliphatic heterocycles. The second kappa shape index (κ2) is 8.01. The molecule has 142 valence electrons. The van der Waals surface area contributed by atoms with Crippen LogP contribution in [0.3, 0.4) is 0 Å². The van der Waals surface area contributed by atoms with Crippen LogP contribution in [0.25, 0.3) is 0 Å². The van der Waals surface area contributed by atoms with E-state index < -0.39 is 36.7 Å². The molecule has 3 N–H and O–H groups in total. The van der Waals surface area contributed by atoms with Crippen molar-refractivity contribution in [2.45, 2.75) is 37.9 Å². The van der Waals surface area contributed by atoms with Crippen molar-refractivity contribution in [3.05, 3.63) is 48.6 Å². The van der Waals surface area contributed by atoms with E-state index in [1.54, 1.807) is 0 Å². The Kier molecular flexibility index (Phi) is 6.21. The summed E-state index contributed by atoms with van der Waals surface area (Å²) in [5, 5.41) is 28.6. The molecule has 2 rings (SSSR count). The number of carbonyl (C=O) groups excluding carboxylic acids is 1. The third-order valence-electron chi connectivity index (χ3n) is 5.49. The second-order valence-corrected chi connectivity index (χ2v) is 7.19. The van der Waals surface area contributed by atoms with E-state index in [1.165, 1.54) is 0 Å². The van der Waals surface area contributed by atoms with E-state index in [9.17, 15) is 19.8 Å². The van der Waals surface area contributed by atoms with E-state index >= 15 is 0 Å². The quantitative estimate of drug-likeness (QED) is 0.393. The highest BCUT2D eigenvalue weighted by atomic mass is 16.5. The van der Waals surface area contributed by atoms with Gasteiger partial charge in [0.1, 0.15) is 6.10 Å². The Morgan fingerprint density at radius 3 is 2.35 bits per heavy atom. The summed E-state index contributed by atoms with van der Waals surface area (Å²) < 4.78 is 5.43. The van der Waals surface area contributed by atoms with Gasteiger partial charge in [-0.2, -0.15) is 0 Å². The van der Waals surface area contributed by atoms with Crippen molar-refractivity contribution < 1.29 is 29.6 Å². The summed E-state index contributed by atoms with van der Waals surface area (Å²) in [7, 11) is 0. The first-order valence-electron chi connectivity index (χ1n) is 8.61. The molecule has 0 spiro atoms. The molecular formula is C20H26O6. The summed E-state index contributed by atoms with van der Waals surface area (Å²) in [6.45, 7) is 14.7. The molecule has 2 fully saturated rings. The number of hydrogen-bond donors (Lipinski definition) is 3. The van der Waals surface area contributed by atoms with Gasteiger partial charge in [0.25, 0.3) is 0 Å². The average Bonchev–Trinajstić information content (AvgIpc) is 2.86. The van der Waals surface area contributed by atoms with E-state index in [-0.39, 0.29) is 29.4 Å². The number of carboxylic acids is 1. The molecule has 6 nitrogen and oxygen atoms in total. The van der Waals surface area contributed by atoms with E-state index in [0.29, 0.717) is 24.8 Å². The SMILES string of the molecule is C=C(CO)C(=O)OC1CC(=C)C2C[C@H](O)C(=C)C2C[C@H](C(=C)C(=O)O)C1. The van der Waals surface area contributed by atoms with Crippen molar-refractivity contribution in [3.63, 3.8) is 0 Å². The van der Waals surface area contributed by atoms with Crippen molar-refractivity contribution in [1.82, 2.24) is 0 Å². The lowest BCUT2D eigenvalue weighted by Gasteiger charge is -2.34. The first-order valence-corrected chi connectivity index (χ1v) is 8.61. The zero-order valence-electron chi connectivity index (χ0n) is 14.8. The maximum atomic E-state index is 12.0. The minimum absolute atomic E-state index is 0.0378. The highest BCUT2D eigenvalue weighted by Gasteiger charge is 2.43. The monoisotopic (exact) mass is 362 g/mol. The minimum atomic E-state index is -1.10. The highest BCUT2D eigenvalue weighted by molar-refractivity contribution is 5.88. The van der Waals surface area contributed by atoms with Gasteiger partial charge >= 0.3 is 11.9 Å². The molecule has 0 aromatic heterocycles. The molecule has 2 aliphatic carbocycles. The fraction of sp³-hybridized carbons (Fsp3) is 0.500. The van der Waals surface area contributed by atoms with Gasteiger partial charge < -0.3 is 20.1 Å². The van der Waals surface area contributed by atoms with Gasteiger partial charge in [-0.15, -0.1) is 0 Å². The smallest absolute Gasteiger partial charge is 0.336 e. The summed E-state index contributed by atoms with van der Waals surface area (Å²) in [5.41, 5.74) is 1.53. The number of carbonyl (C=O) groups is 2. The molecule has 2 saturated carbocycles. The topological polar surface area (TPSA) is 104 Å². The van der Waals surface area contributed by atoms with Crippen LogP contribution < -0.4 is 0 Å². The zero-order chi connectivity index (χ0) is 19.6. The van der Waals surface area contributed by atoms with E-state index in [0.717, 1.165) is 5.57 Å². The van der Waals surface area contributed by atoms with Crippen LogP contribution >= 0.6 is 0 Å². The van der Waals surface area contributed by atoms with Gasteiger partial charge in [-0.1, -0.05) is 31.9 Å². The molecule has 0 radical (unpaired) electrons. The summed E-state index contributed by atoms with van der Waals surface area (Å²) in [6, 6.07) is 0. The number of esters is 1. The summed E-state index contributed by atoms with van der Waals surface area (Å²) >= 11 is 0. The molecule has 0 aromatic carbocycles. The van der Waals surface area contributed by atoms with Gasteiger partial charge in [-0.25, -0.2) is 9.59 Å². The lowest BCUT2D eigenvalue weighted by atomic mass is 9.73. The Bertz CT molecular complexity index is 661. The first kappa shape index (κ1) is 20.1. The number of aliphatic carboxylic acids is 1. The average molecular weight is 362 g/mol. The molecule has 0 saturated heterocycles. The number of fused-ring (bicyclic) bond motifs is 1. The van der Waals surface area contributed by atoms with Crippen molar-refractivity contribution in [1.29, 1.82) is 0 Å². The van der Waals surface area contributed by atoms with E-state index in [1.807, 2.05) is 0 Å². The fourth-order valence-electron chi connectivity index (χ4n) is 3.92. The number of ether oxygens (including phenoxy) is 1. The van der Waals surface area contributed by atoms with Gasteiger partial charge in [0.2, 0.25) is 0 Å². The standard InChI is InChI=1S/C20H26O6/c1-10-5-15(26-20(25)11(2)9-21)6-14(12(3)19(23)24)7-17-13(4)18(22)8-16(10)17/h14-18,21-22H,1-9H2,(H,23,24)/t14-,15?,16?,17?,18+/m1/s1. The predicted molar refractivity (Wildman–Crippen MR) is 96.1 cm³/mol. The van der Waals surface area contributed by atoms with Crippen LogP contribution in [0.1, 0.15) is 25.7 Å². The van der Waals surface area contributed by atoms with Gasteiger partial charge in [-0.05, 0) is 42.6 Å². The van der Waals surface area contributed by atoms with Crippen LogP contribution in [0.5, 0.6) is 0 Å². The maximum absolute atomic E-state index is 12.0. The van der Waals surface area contributed by atoms with Gasteiger partial charge in [0.15, 0.2) is 0 Å². The van der Waals surface area contributed by atoms with Crippen LogP contribution in [-0.2, 0) is 14.3 Å². The molecule has 2 aliphatic rings.